The van der Waals surface area contributed by atoms with E-state index in [4.69, 9.17) is 0 Å². The third kappa shape index (κ3) is 1.47. The summed E-state index contributed by atoms with van der Waals surface area (Å²) in [5, 5.41) is 0. The average Bonchev–Trinajstić information content (AvgIpc) is 1.99. The maximum atomic E-state index is 10.7. The van der Waals surface area contributed by atoms with E-state index in [0.717, 1.165) is 0 Å². The van der Waals surface area contributed by atoms with E-state index in [0.29, 0.717) is 4.51 Å². The number of H-pyrrole nitrogens is 1. The fourth-order valence-corrected chi connectivity index (χ4v) is 0.607. The summed E-state index contributed by atoms with van der Waals surface area (Å²) in [6.45, 7) is 0. The predicted octanol–water partition coefficient (Wildman–Crippen LogP) is 1.10. The number of hydrogen-bond donors (Lipinski definition) is 1. The van der Waals surface area contributed by atoms with Crippen molar-refractivity contribution in [2.45, 2.75) is 0 Å². The van der Waals surface area contributed by atoms with Gasteiger partial charge in [-0.05, 0) is 12.1 Å². The molecule has 0 amide bonds. The van der Waals surface area contributed by atoms with Gasteiger partial charge < -0.3 is 4.98 Å². The zero-order valence-corrected chi connectivity index (χ0v) is 5.44. The topological polar surface area (TPSA) is 32.9 Å². The molecule has 0 aromatic carbocycles. The predicted molar refractivity (Wildman–Crippen MR) is 37.9 cm³/mol. The molecule has 2 nitrogen and oxygen atoms in total. The van der Waals surface area contributed by atoms with Crippen molar-refractivity contribution in [3.8, 4) is 0 Å². The number of nitrogens with one attached hydrogen (secondary N) is 1. The third-order valence-electron chi connectivity index (χ3n) is 0.893. The molecule has 46 valence electrons. The summed E-state index contributed by atoms with van der Waals surface area (Å²) >= 11 is 4.68. The lowest BCUT2D eigenvalue weighted by Crippen LogP contribution is -1.99. The zero-order valence-electron chi connectivity index (χ0n) is 4.63. The molecule has 0 spiro atoms. The Kier molecular flexibility index (Phi) is 1.75. The van der Waals surface area contributed by atoms with Crippen LogP contribution in [0, 0.1) is 4.51 Å². The second-order valence-electron chi connectivity index (χ2n) is 1.56. The molecule has 0 bridgehead atoms. The van der Waals surface area contributed by atoms with E-state index < -0.39 is 0 Å². The fourth-order valence-electron chi connectivity index (χ4n) is 0.469. The molecule has 0 fully saturated rings. The molecule has 1 aromatic rings. The summed E-state index contributed by atoms with van der Waals surface area (Å²) in [5.74, 6) is 0. The van der Waals surface area contributed by atoms with Gasteiger partial charge >= 0.3 is 0 Å². The van der Waals surface area contributed by atoms with Gasteiger partial charge in [0, 0.05) is 6.20 Å². The Morgan fingerprint density at radius 2 is 2.22 bits per heavy atom. The van der Waals surface area contributed by atoms with E-state index in [2.05, 4.69) is 17.2 Å². The van der Waals surface area contributed by atoms with Crippen molar-refractivity contribution in [1.29, 1.82) is 0 Å². The highest BCUT2D eigenvalue weighted by molar-refractivity contribution is 7.71. The van der Waals surface area contributed by atoms with E-state index >= 15 is 0 Å². The molecule has 9 heavy (non-hydrogen) atoms. The van der Waals surface area contributed by atoms with Crippen molar-refractivity contribution in [2.24, 2.45) is 0 Å². The molecule has 1 rings (SSSR count). The molecule has 0 aliphatic carbocycles. The van der Waals surface area contributed by atoms with E-state index in [9.17, 15) is 4.79 Å². The molecule has 0 radical (unpaired) electrons. The molecule has 3 heteroatoms. The summed E-state index contributed by atoms with van der Waals surface area (Å²) in [6.07, 6.45) is 1.55. The Morgan fingerprint density at radius 1 is 1.44 bits per heavy atom. The van der Waals surface area contributed by atoms with E-state index in [1.165, 1.54) is 0 Å². The monoisotopic (exact) mass is 139 g/mol. The maximum Gasteiger partial charge on any atom is 0.266 e. The summed E-state index contributed by atoms with van der Waals surface area (Å²) in [7, 11) is 0. The van der Waals surface area contributed by atoms with Gasteiger partial charge in [-0.1, -0.05) is 18.3 Å². The van der Waals surface area contributed by atoms with Gasteiger partial charge in [-0.15, -0.1) is 0 Å². The molecule has 0 aliphatic rings. The van der Waals surface area contributed by atoms with Crippen LogP contribution >= 0.6 is 12.2 Å². The molecule has 1 heterocycles. The summed E-state index contributed by atoms with van der Waals surface area (Å²) < 4.78 is 0.319. The normalized spacial score (nSPS) is 8.89. The van der Waals surface area contributed by atoms with Gasteiger partial charge in [-0.2, -0.15) is 0 Å². The van der Waals surface area contributed by atoms with Crippen LogP contribution in [0.1, 0.15) is 0 Å². The van der Waals surface area contributed by atoms with Crippen LogP contribution in [-0.4, -0.2) is 4.98 Å². The van der Waals surface area contributed by atoms with Gasteiger partial charge in [-0.25, -0.2) is 0 Å². The molecule has 1 N–H and O–H groups in total. The highest BCUT2D eigenvalue weighted by Gasteiger charge is 1.77. The first kappa shape index (κ1) is 6.16. The Labute approximate surface area is 57.2 Å². The van der Waals surface area contributed by atoms with Gasteiger partial charge in [0.2, 0.25) is 0 Å². The van der Waals surface area contributed by atoms with Crippen molar-refractivity contribution in [3.63, 3.8) is 0 Å². The third-order valence-corrected chi connectivity index (χ3v) is 1.21. The number of aromatic nitrogens is 1. The first-order valence-electron chi connectivity index (χ1n) is 2.49. The van der Waals surface area contributed by atoms with Gasteiger partial charge in [0.25, 0.3) is 5.56 Å². The molecule has 0 aliphatic heterocycles. The van der Waals surface area contributed by atoms with Gasteiger partial charge in [0.1, 0.15) is 4.51 Å². The molecule has 1 aromatic heterocycles. The maximum absolute atomic E-state index is 10.7. The Hall–Kier alpha value is -0.960. The van der Waals surface area contributed by atoms with Crippen LogP contribution < -0.4 is 5.56 Å². The molecule has 0 saturated heterocycles. The van der Waals surface area contributed by atoms with Crippen LogP contribution in [0.5, 0.6) is 0 Å². The first-order chi connectivity index (χ1) is 4.30. The zero-order chi connectivity index (χ0) is 6.69. The highest BCUT2D eigenvalue weighted by atomic mass is 32.1. The molecular weight excluding hydrogens is 134 g/mol. The number of aromatic amines is 1. The lowest BCUT2D eigenvalue weighted by molar-refractivity contribution is 1.26. The summed E-state index contributed by atoms with van der Waals surface area (Å²) in [4.78, 5) is 13.1. The van der Waals surface area contributed by atoms with Crippen LogP contribution in [0.15, 0.2) is 29.2 Å². The lowest BCUT2D eigenvalue weighted by Gasteiger charge is -1.64. The second kappa shape index (κ2) is 2.55. The molecule has 0 saturated carbocycles. The standard InChI is InChI=1S/C6H5NOS/c8-6-5(9)3-1-2-4-7-6/h1-4H,(H,7,8,9). The molecule has 0 atom stereocenters. The van der Waals surface area contributed by atoms with Gasteiger partial charge in [0.05, 0.1) is 0 Å². The van der Waals surface area contributed by atoms with Gasteiger partial charge in [-0.3, -0.25) is 4.79 Å². The van der Waals surface area contributed by atoms with Crippen molar-refractivity contribution in [1.82, 2.24) is 4.98 Å². The Bertz CT molecular complexity index is 274. The fraction of sp³-hybridized carbons (Fsp3) is 0. The Morgan fingerprint density at radius 3 is 3.00 bits per heavy atom. The van der Waals surface area contributed by atoms with Crippen LogP contribution in [-0.2, 0) is 0 Å². The minimum Gasteiger partial charge on any atom is -0.328 e. The number of rotatable bonds is 0. The summed E-state index contributed by atoms with van der Waals surface area (Å²) in [6, 6.07) is 5.03. The first-order valence-corrected chi connectivity index (χ1v) is 2.89. The smallest absolute Gasteiger partial charge is 0.266 e. The molecule has 0 unspecified atom stereocenters. The Balaban J connectivity index is 3.62. The molecular formula is C6H5NOS. The second-order valence-corrected chi connectivity index (χ2v) is 2.00. The van der Waals surface area contributed by atoms with E-state index in [1.54, 1.807) is 24.4 Å². The van der Waals surface area contributed by atoms with E-state index in [1.807, 2.05) is 0 Å². The van der Waals surface area contributed by atoms with E-state index in [-0.39, 0.29) is 5.56 Å². The largest absolute Gasteiger partial charge is 0.328 e. The summed E-state index contributed by atoms with van der Waals surface area (Å²) in [5.41, 5.74) is -0.213. The van der Waals surface area contributed by atoms with Crippen LogP contribution in [0.25, 0.3) is 0 Å². The average molecular weight is 139 g/mol. The minimum atomic E-state index is -0.213. The van der Waals surface area contributed by atoms with Crippen molar-refractivity contribution in [3.05, 3.63) is 39.3 Å². The van der Waals surface area contributed by atoms with Gasteiger partial charge in [0.15, 0.2) is 0 Å². The van der Waals surface area contributed by atoms with Crippen molar-refractivity contribution < 1.29 is 0 Å². The van der Waals surface area contributed by atoms with Crippen LogP contribution in [0.2, 0.25) is 0 Å². The van der Waals surface area contributed by atoms with Crippen molar-refractivity contribution >= 4 is 12.2 Å². The highest BCUT2D eigenvalue weighted by Crippen LogP contribution is 1.76. The van der Waals surface area contributed by atoms with Crippen molar-refractivity contribution in [2.75, 3.05) is 0 Å². The quantitative estimate of drug-likeness (QED) is 0.546. The number of hydrogen-bond acceptors (Lipinski definition) is 2. The van der Waals surface area contributed by atoms with Crippen LogP contribution in [0.4, 0.5) is 0 Å². The lowest BCUT2D eigenvalue weighted by atomic mass is 10.5. The SMILES string of the molecule is O=c1[nH]ccccc1=S. The van der Waals surface area contributed by atoms with Crippen LogP contribution in [0.3, 0.4) is 0 Å². The minimum absolute atomic E-state index is 0.213.